The molecule has 1 heterocycles. The van der Waals surface area contributed by atoms with Crippen molar-refractivity contribution in [2.45, 2.75) is 44.6 Å². The summed E-state index contributed by atoms with van der Waals surface area (Å²) in [4.78, 5) is 0. The van der Waals surface area contributed by atoms with Gasteiger partial charge in [0.25, 0.3) is 0 Å². The molecule has 1 fully saturated rings. The predicted octanol–water partition coefficient (Wildman–Crippen LogP) is 1.88. The highest BCUT2D eigenvalue weighted by Crippen LogP contribution is 2.34. The van der Waals surface area contributed by atoms with E-state index >= 15 is 0 Å². The minimum Gasteiger partial charge on any atom is -0.311 e. The van der Waals surface area contributed by atoms with Gasteiger partial charge in [0.2, 0.25) is 0 Å². The SMILES string of the molecule is CCC1(NCCc2cnn(C)c2)CCC1. The topological polar surface area (TPSA) is 29.9 Å². The molecule has 0 saturated heterocycles. The van der Waals surface area contributed by atoms with E-state index in [9.17, 15) is 0 Å². The Morgan fingerprint density at radius 3 is 2.80 bits per heavy atom. The Kier molecular flexibility index (Phi) is 3.10. The standard InChI is InChI=1S/C12H21N3/c1-3-12(6-4-7-12)13-8-5-11-9-14-15(2)10-11/h9-10,13H,3-8H2,1-2H3. The first-order chi connectivity index (χ1) is 7.24. The third-order valence-corrected chi connectivity index (χ3v) is 3.66. The molecule has 1 aliphatic carbocycles. The molecule has 15 heavy (non-hydrogen) atoms. The Morgan fingerprint density at radius 2 is 2.33 bits per heavy atom. The molecule has 0 aliphatic heterocycles. The van der Waals surface area contributed by atoms with Gasteiger partial charge in [0.1, 0.15) is 0 Å². The van der Waals surface area contributed by atoms with E-state index in [0.717, 1.165) is 13.0 Å². The normalized spacial score (nSPS) is 18.8. The van der Waals surface area contributed by atoms with Crippen molar-refractivity contribution in [3.8, 4) is 0 Å². The second-order valence-corrected chi connectivity index (χ2v) is 4.69. The van der Waals surface area contributed by atoms with Crippen LogP contribution in [0.15, 0.2) is 12.4 Å². The lowest BCUT2D eigenvalue weighted by atomic mass is 9.75. The quantitative estimate of drug-likeness (QED) is 0.799. The fourth-order valence-electron chi connectivity index (χ4n) is 2.33. The molecule has 1 N–H and O–H groups in total. The summed E-state index contributed by atoms with van der Waals surface area (Å²) >= 11 is 0. The van der Waals surface area contributed by atoms with Crippen LogP contribution >= 0.6 is 0 Å². The summed E-state index contributed by atoms with van der Waals surface area (Å²) in [6.07, 6.45) is 10.5. The maximum absolute atomic E-state index is 4.17. The molecule has 0 radical (unpaired) electrons. The van der Waals surface area contributed by atoms with Crippen LogP contribution < -0.4 is 5.32 Å². The van der Waals surface area contributed by atoms with E-state index in [1.807, 2.05) is 17.9 Å². The average molecular weight is 207 g/mol. The van der Waals surface area contributed by atoms with Gasteiger partial charge in [-0.05, 0) is 44.2 Å². The van der Waals surface area contributed by atoms with Crippen molar-refractivity contribution >= 4 is 0 Å². The molecule has 0 spiro atoms. The van der Waals surface area contributed by atoms with Crippen LogP contribution in [0.25, 0.3) is 0 Å². The Morgan fingerprint density at radius 1 is 1.53 bits per heavy atom. The van der Waals surface area contributed by atoms with Gasteiger partial charge in [0.15, 0.2) is 0 Å². The van der Waals surface area contributed by atoms with Crippen molar-refractivity contribution in [1.29, 1.82) is 0 Å². The number of nitrogens with zero attached hydrogens (tertiary/aromatic N) is 2. The molecule has 1 aromatic heterocycles. The first kappa shape index (κ1) is 10.7. The zero-order valence-corrected chi connectivity index (χ0v) is 9.79. The van der Waals surface area contributed by atoms with Gasteiger partial charge in [-0.25, -0.2) is 0 Å². The Labute approximate surface area is 91.9 Å². The van der Waals surface area contributed by atoms with Crippen molar-refractivity contribution in [3.63, 3.8) is 0 Å². The summed E-state index contributed by atoms with van der Waals surface area (Å²) in [5.41, 5.74) is 1.80. The summed E-state index contributed by atoms with van der Waals surface area (Å²) < 4.78 is 1.87. The maximum atomic E-state index is 4.17. The zero-order valence-electron chi connectivity index (χ0n) is 9.79. The van der Waals surface area contributed by atoms with Crippen molar-refractivity contribution in [1.82, 2.24) is 15.1 Å². The van der Waals surface area contributed by atoms with Crippen LogP contribution in [0.5, 0.6) is 0 Å². The van der Waals surface area contributed by atoms with Crippen molar-refractivity contribution in [2.75, 3.05) is 6.54 Å². The van der Waals surface area contributed by atoms with E-state index in [1.54, 1.807) is 0 Å². The second-order valence-electron chi connectivity index (χ2n) is 4.69. The summed E-state index contributed by atoms with van der Waals surface area (Å²) in [5.74, 6) is 0. The minimum atomic E-state index is 0.474. The van der Waals surface area contributed by atoms with E-state index in [4.69, 9.17) is 0 Å². The van der Waals surface area contributed by atoms with Crippen LogP contribution in [-0.2, 0) is 13.5 Å². The number of rotatable bonds is 5. The number of aromatic nitrogens is 2. The number of aryl methyl sites for hydroxylation is 1. The van der Waals surface area contributed by atoms with Gasteiger partial charge in [0, 0.05) is 18.8 Å². The molecule has 3 heteroatoms. The summed E-state index contributed by atoms with van der Waals surface area (Å²) in [6.45, 7) is 3.37. The molecule has 0 bridgehead atoms. The molecule has 3 nitrogen and oxygen atoms in total. The lowest BCUT2D eigenvalue weighted by Gasteiger charge is -2.42. The van der Waals surface area contributed by atoms with Gasteiger partial charge in [0.05, 0.1) is 6.20 Å². The van der Waals surface area contributed by atoms with Gasteiger partial charge < -0.3 is 5.32 Å². The largest absolute Gasteiger partial charge is 0.311 e. The molecular formula is C12H21N3. The Balaban J connectivity index is 1.74. The molecular weight excluding hydrogens is 186 g/mol. The molecule has 0 amide bonds. The number of hydrogen-bond donors (Lipinski definition) is 1. The highest BCUT2D eigenvalue weighted by Gasteiger charge is 2.33. The fourth-order valence-corrected chi connectivity index (χ4v) is 2.33. The maximum Gasteiger partial charge on any atom is 0.0522 e. The van der Waals surface area contributed by atoms with Crippen LogP contribution in [0, 0.1) is 0 Å². The van der Waals surface area contributed by atoms with Crippen molar-refractivity contribution in [3.05, 3.63) is 18.0 Å². The second kappa shape index (κ2) is 4.35. The summed E-state index contributed by atoms with van der Waals surface area (Å²) in [6, 6.07) is 0. The Bertz CT molecular complexity index is 307. The fraction of sp³-hybridized carbons (Fsp3) is 0.750. The van der Waals surface area contributed by atoms with E-state index in [1.165, 1.54) is 31.2 Å². The molecule has 1 aliphatic rings. The van der Waals surface area contributed by atoms with E-state index in [0.29, 0.717) is 5.54 Å². The molecule has 0 atom stereocenters. The van der Waals surface area contributed by atoms with Gasteiger partial charge in [-0.3, -0.25) is 4.68 Å². The van der Waals surface area contributed by atoms with Gasteiger partial charge in [-0.1, -0.05) is 6.92 Å². The monoisotopic (exact) mass is 207 g/mol. The molecule has 0 unspecified atom stereocenters. The smallest absolute Gasteiger partial charge is 0.0522 e. The van der Waals surface area contributed by atoms with Crippen LogP contribution in [-0.4, -0.2) is 21.9 Å². The van der Waals surface area contributed by atoms with Crippen molar-refractivity contribution in [2.24, 2.45) is 7.05 Å². The zero-order chi connectivity index (χ0) is 10.7. The lowest BCUT2D eigenvalue weighted by molar-refractivity contribution is 0.179. The summed E-state index contributed by atoms with van der Waals surface area (Å²) in [7, 11) is 1.97. The molecule has 0 aromatic carbocycles. The molecule has 2 rings (SSSR count). The Hall–Kier alpha value is -0.830. The first-order valence-electron chi connectivity index (χ1n) is 5.97. The van der Waals surface area contributed by atoms with Crippen LogP contribution in [0.3, 0.4) is 0 Å². The van der Waals surface area contributed by atoms with E-state index < -0.39 is 0 Å². The lowest BCUT2D eigenvalue weighted by Crippen LogP contribution is -2.50. The average Bonchev–Trinajstić information content (AvgIpc) is 2.56. The minimum absolute atomic E-state index is 0.474. The third kappa shape index (κ3) is 2.40. The molecule has 1 aromatic rings. The molecule has 84 valence electrons. The highest BCUT2D eigenvalue weighted by molar-refractivity contribution is 5.05. The highest BCUT2D eigenvalue weighted by atomic mass is 15.2. The van der Waals surface area contributed by atoms with E-state index in [-0.39, 0.29) is 0 Å². The van der Waals surface area contributed by atoms with Gasteiger partial charge in [-0.2, -0.15) is 5.10 Å². The first-order valence-corrected chi connectivity index (χ1v) is 5.97. The van der Waals surface area contributed by atoms with Crippen molar-refractivity contribution < 1.29 is 0 Å². The van der Waals surface area contributed by atoms with E-state index in [2.05, 4.69) is 23.5 Å². The van der Waals surface area contributed by atoms with Gasteiger partial charge in [-0.15, -0.1) is 0 Å². The molecule has 1 saturated carbocycles. The predicted molar refractivity (Wildman–Crippen MR) is 61.8 cm³/mol. The number of nitrogens with one attached hydrogen (secondary N) is 1. The van der Waals surface area contributed by atoms with Crippen LogP contribution in [0.4, 0.5) is 0 Å². The van der Waals surface area contributed by atoms with Gasteiger partial charge >= 0.3 is 0 Å². The summed E-state index contributed by atoms with van der Waals surface area (Å²) in [5, 5.41) is 7.88. The number of hydrogen-bond acceptors (Lipinski definition) is 2. The van der Waals surface area contributed by atoms with Crippen LogP contribution in [0.2, 0.25) is 0 Å². The third-order valence-electron chi connectivity index (χ3n) is 3.66. The van der Waals surface area contributed by atoms with Crippen LogP contribution in [0.1, 0.15) is 38.2 Å².